The molecule has 9 heteroatoms. The van der Waals surface area contributed by atoms with Crippen LogP contribution in [0.3, 0.4) is 0 Å². The molecule has 1 aliphatic rings. The van der Waals surface area contributed by atoms with Crippen molar-refractivity contribution in [3.63, 3.8) is 0 Å². The lowest BCUT2D eigenvalue weighted by atomic mass is 10.1. The van der Waals surface area contributed by atoms with Crippen LogP contribution in [0.2, 0.25) is 5.15 Å². The van der Waals surface area contributed by atoms with Crippen LogP contribution in [0.5, 0.6) is 0 Å². The zero-order chi connectivity index (χ0) is 20.7. The van der Waals surface area contributed by atoms with Gasteiger partial charge in [-0.25, -0.2) is 15.0 Å². The summed E-state index contributed by atoms with van der Waals surface area (Å²) in [5.74, 6) is 0.589. The minimum atomic E-state index is -0.176. The summed E-state index contributed by atoms with van der Waals surface area (Å²) in [5, 5.41) is 5.79. The molecule has 1 saturated heterocycles. The smallest absolute Gasteiger partial charge is 0.240 e. The van der Waals surface area contributed by atoms with E-state index >= 15 is 0 Å². The van der Waals surface area contributed by atoms with Crippen LogP contribution in [0.15, 0.2) is 42.7 Å². The molecule has 4 heterocycles. The van der Waals surface area contributed by atoms with E-state index in [9.17, 15) is 4.79 Å². The number of benzene rings is 1. The van der Waals surface area contributed by atoms with Crippen molar-refractivity contribution >= 4 is 55.8 Å². The average molecular weight is 439 g/mol. The lowest BCUT2D eigenvalue weighted by molar-refractivity contribution is -0.129. The monoisotopic (exact) mass is 438 g/mol. The molecule has 5 rings (SSSR count). The van der Waals surface area contributed by atoms with Crippen LogP contribution in [0.1, 0.15) is 16.9 Å². The van der Waals surface area contributed by atoms with Crippen molar-refractivity contribution in [1.29, 1.82) is 0 Å². The number of carbonyl (C=O) groups is 1. The lowest BCUT2D eigenvalue weighted by Gasteiger charge is -2.17. The number of nitrogen functional groups attached to an aromatic ring is 1. The number of halogens is 1. The molecule has 0 unspecified atom stereocenters. The molecule has 3 N–H and O–H groups in total. The summed E-state index contributed by atoms with van der Waals surface area (Å²) in [7, 11) is 0. The van der Waals surface area contributed by atoms with E-state index in [1.54, 1.807) is 17.4 Å². The van der Waals surface area contributed by atoms with E-state index in [2.05, 4.69) is 26.3 Å². The van der Waals surface area contributed by atoms with Crippen molar-refractivity contribution in [3.8, 4) is 0 Å². The minimum Gasteiger partial charge on any atom is -0.383 e. The molecule has 152 valence electrons. The number of hydrogen-bond donors (Lipinski definition) is 2. The molecule has 1 fully saturated rings. The normalized spacial score (nSPS) is 16.8. The molecular formula is C21H19ClN6OS. The van der Waals surface area contributed by atoms with Crippen molar-refractivity contribution in [2.75, 3.05) is 12.3 Å². The van der Waals surface area contributed by atoms with Gasteiger partial charge in [0.2, 0.25) is 5.91 Å². The fourth-order valence-corrected chi connectivity index (χ4v) is 4.96. The molecule has 1 amide bonds. The summed E-state index contributed by atoms with van der Waals surface area (Å²) in [6, 6.07) is 11.5. The zero-order valence-electron chi connectivity index (χ0n) is 16.0. The van der Waals surface area contributed by atoms with Crippen LogP contribution in [0, 0.1) is 0 Å². The second-order valence-corrected chi connectivity index (χ2v) is 8.84. The van der Waals surface area contributed by atoms with E-state index in [1.165, 1.54) is 6.33 Å². The number of nitrogens with zero attached hydrogens (tertiary/aromatic N) is 4. The molecule has 1 atom stereocenters. The molecule has 0 saturated carbocycles. The summed E-state index contributed by atoms with van der Waals surface area (Å²) in [6.07, 6.45) is 2.25. The Labute approximate surface area is 181 Å². The Morgan fingerprint density at radius 1 is 1.23 bits per heavy atom. The largest absolute Gasteiger partial charge is 0.383 e. The van der Waals surface area contributed by atoms with E-state index in [-0.39, 0.29) is 11.9 Å². The van der Waals surface area contributed by atoms with E-state index in [4.69, 9.17) is 17.3 Å². The zero-order valence-corrected chi connectivity index (χ0v) is 17.6. The van der Waals surface area contributed by atoms with Crippen molar-refractivity contribution in [1.82, 2.24) is 25.2 Å². The summed E-state index contributed by atoms with van der Waals surface area (Å²) < 4.78 is 0. The van der Waals surface area contributed by atoms with Gasteiger partial charge in [0, 0.05) is 35.3 Å². The third-order valence-corrected chi connectivity index (χ3v) is 6.58. The molecule has 0 radical (unpaired) electrons. The van der Waals surface area contributed by atoms with Gasteiger partial charge in [-0.3, -0.25) is 4.79 Å². The second-order valence-electron chi connectivity index (χ2n) is 7.33. The van der Waals surface area contributed by atoms with Gasteiger partial charge in [0.25, 0.3) is 0 Å². The van der Waals surface area contributed by atoms with Gasteiger partial charge in [-0.05, 0) is 42.3 Å². The molecule has 1 aromatic carbocycles. The summed E-state index contributed by atoms with van der Waals surface area (Å²) in [4.78, 5) is 29.4. The number of pyridine rings is 1. The Bertz CT molecular complexity index is 1260. The third kappa shape index (κ3) is 3.69. The molecule has 0 bridgehead atoms. The van der Waals surface area contributed by atoms with Gasteiger partial charge in [0.15, 0.2) is 0 Å². The number of amides is 1. The molecule has 0 aliphatic carbocycles. The number of nitrogens with two attached hydrogens (primary N) is 1. The van der Waals surface area contributed by atoms with E-state index in [1.807, 2.05) is 29.2 Å². The number of carbonyl (C=O) groups excluding carboxylic acids is 1. The number of thiophene rings is 1. The fraction of sp³-hybridized carbons (Fsp3) is 0.238. The van der Waals surface area contributed by atoms with Crippen molar-refractivity contribution in [3.05, 3.63) is 58.3 Å². The van der Waals surface area contributed by atoms with Gasteiger partial charge >= 0.3 is 0 Å². The summed E-state index contributed by atoms with van der Waals surface area (Å²) in [5.41, 5.74) is 7.71. The first-order valence-electron chi connectivity index (χ1n) is 9.63. The Morgan fingerprint density at radius 2 is 2.13 bits per heavy atom. The quantitative estimate of drug-likeness (QED) is 0.464. The van der Waals surface area contributed by atoms with Crippen molar-refractivity contribution in [2.24, 2.45) is 0 Å². The first kappa shape index (κ1) is 19.2. The first-order valence-corrected chi connectivity index (χ1v) is 10.8. The summed E-state index contributed by atoms with van der Waals surface area (Å²) in [6.45, 7) is 1.92. The number of aromatic nitrogens is 3. The predicted octanol–water partition coefficient (Wildman–Crippen LogP) is 3.37. The van der Waals surface area contributed by atoms with Crippen molar-refractivity contribution in [2.45, 2.75) is 25.6 Å². The predicted molar refractivity (Wildman–Crippen MR) is 119 cm³/mol. The first-order chi connectivity index (χ1) is 14.6. The Kier molecular flexibility index (Phi) is 4.98. The Morgan fingerprint density at radius 3 is 3.03 bits per heavy atom. The van der Waals surface area contributed by atoms with E-state index < -0.39 is 0 Å². The van der Waals surface area contributed by atoms with Crippen LogP contribution in [0.4, 0.5) is 5.82 Å². The van der Waals surface area contributed by atoms with Crippen LogP contribution in [0.25, 0.3) is 21.1 Å². The van der Waals surface area contributed by atoms with Gasteiger partial charge in [-0.1, -0.05) is 17.7 Å². The van der Waals surface area contributed by atoms with Gasteiger partial charge < -0.3 is 16.0 Å². The standard InChI is InChI=1S/C21H19ClN6OS/c22-18-4-2-13-8-14(30-20(13)27-18)9-24-16-5-6-28(21(16)29)10-12-1-3-15-17(7-12)25-11-26-19(15)23/h1-4,7-8,11,16,24H,5-6,9-10H2,(H2,23,25,26)/t16-/m0/s1. The highest BCUT2D eigenvalue weighted by molar-refractivity contribution is 7.18. The van der Waals surface area contributed by atoms with Crippen LogP contribution >= 0.6 is 22.9 Å². The molecule has 30 heavy (non-hydrogen) atoms. The second kappa shape index (κ2) is 7.79. The molecule has 0 spiro atoms. The van der Waals surface area contributed by atoms with E-state index in [0.29, 0.717) is 24.1 Å². The molecule has 7 nitrogen and oxygen atoms in total. The van der Waals surface area contributed by atoms with Crippen LogP contribution < -0.4 is 11.1 Å². The molecular weight excluding hydrogens is 420 g/mol. The van der Waals surface area contributed by atoms with Crippen LogP contribution in [-0.2, 0) is 17.9 Å². The van der Waals surface area contributed by atoms with Gasteiger partial charge in [-0.15, -0.1) is 11.3 Å². The van der Waals surface area contributed by atoms with Crippen LogP contribution in [-0.4, -0.2) is 38.3 Å². The maximum Gasteiger partial charge on any atom is 0.240 e. The highest BCUT2D eigenvalue weighted by Crippen LogP contribution is 2.26. The van der Waals surface area contributed by atoms with Gasteiger partial charge in [0.05, 0.1) is 11.6 Å². The lowest BCUT2D eigenvalue weighted by Crippen LogP contribution is -2.37. The number of anilines is 1. The van der Waals surface area contributed by atoms with E-state index in [0.717, 1.165) is 44.5 Å². The maximum absolute atomic E-state index is 12.9. The average Bonchev–Trinajstić information content (AvgIpc) is 3.29. The number of likely N-dealkylation sites (tertiary alicyclic amines) is 1. The topological polar surface area (TPSA) is 97.0 Å². The maximum atomic E-state index is 12.9. The highest BCUT2D eigenvalue weighted by Gasteiger charge is 2.31. The Hall–Kier alpha value is -2.81. The van der Waals surface area contributed by atoms with Crippen molar-refractivity contribution < 1.29 is 4.79 Å². The Balaban J connectivity index is 1.23. The molecule has 3 aromatic heterocycles. The molecule has 4 aromatic rings. The van der Waals surface area contributed by atoms with Gasteiger partial charge in [-0.2, -0.15) is 0 Å². The fourth-order valence-electron chi connectivity index (χ4n) is 3.79. The summed E-state index contributed by atoms with van der Waals surface area (Å²) >= 11 is 7.56. The third-order valence-electron chi connectivity index (χ3n) is 5.33. The highest BCUT2D eigenvalue weighted by atomic mass is 35.5. The number of nitrogens with one attached hydrogen (secondary N) is 1. The SMILES string of the molecule is Nc1ncnc2cc(CN3CC[C@H](NCc4cc5ccc(Cl)nc5s4)C3=O)ccc12. The number of rotatable bonds is 5. The minimum absolute atomic E-state index is 0.125. The number of hydrogen-bond acceptors (Lipinski definition) is 7. The molecule has 1 aliphatic heterocycles. The number of fused-ring (bicyclic) bond motifs is 2. The van der Waals surface area contributed by atoms with Gasteiger partial charge in [0.1, 0.15) is 22.1 Å².